The van der Waals surface area contributed by atoms with Crippen molar-refractivity contribution >= 4 is 11.7 Å². The molecular formula is C15H22N2O2. The lowest BCUT2D eigenvalue weighted by atomic mass is 9.99. The van der Waals surface area contributed by atoms with Gasteiger partial charge in [0.2, 0.25) is 0 Å². The summed E-state index contributed by atoms with van der Waals surface area (Å²) in [5, 5.41) is 5.73. The van der Waals surface area contributed by atoms with Crippen molar-refractivity contribution in [2.24, 2.45) is 5.92 Å². The number of urea groups is 1. The van der Waals surface area contributed by atoms with E-state index in [0.29, 0.717) is 12.5 Å². The number of amides is 2. The topological polar surface area (TPSA) is 50.4 Å². The third-order valence-electron chi connectivity index (χ3n) is 3.37. The van der Waals surface area contributed by atoms with Crippen LogP contribution in [0, 0.1) is 12.8 Å². The molecule has 0 aromatic heterocycles. The first-order chi connectivity index (χ1) is 9.24. The van der Waals surface area contributed by atoms with E-state index in [1.54, 1.807) is 0 Å². The van der Waals surface area contributed by atoms with E-state index in [1.807, 2.05) is 31.2 Å². The Morgan fingerprint density at radius 3 is 3.11 bits per heavy atom. The summed E-state index contributed by atoms with van der Waals surface area (Å²) in [6.07, 6.45) is 3.34. The summed E-state index contributed by atoms with van der Waals surface area (Å²) >= 11 is 0. The molecule has 1 aromatic rings. The van der Waals surface area contributed by atoms with Crippen LogP contribution in [0.1, 0.15) is 24.8 Å². The van der Waals surface area contributed by atoms with E-state index < -0.39 is 0 Å². The highest BCUT2D eigenvalue weighted by atomic mass is 16.5. The van der Waals surface area contributed by atoms with Gasteiger partial charge in [0, 0.05) is 25.4 Å². The lowest BCUT2D eigenvalue weighted by Gasteiger charge is -2.21. The van der Waals surface area contributed by atoms with Crippen molar-refractivity contribution in [2.75, 3.05) is 25.1 Å². The summed E-state index contributed by atoms with van der Waals surface area (Å²) in [5.41, 5.74) is 1.97. The van der Waals surface area contributed by atoms with Crippen molar-refractivity contribution in [1.29, 1.82) is 0 Å². The van der Waals surface area contributed by atoms with E-state index in [1.165, 1.54) is 6.42 Å². The predicted molar refractivity (Wildman–Crippen MR) is 76.4 cm³/mol. The molecule has 2 amide bonds. The van der Waals surface area contributed by atoms with Crippen LogP contribution in [0.25, 0.3) is 0 Å². The van der Waals surface area contributed by atoms with Gasteiger partial charge in [-0.3, -0.25) is 0 Å². The van der Waals surface area contributed by atoms with Gasteiger partial charge in [0.15, 0.2) is 0 Å². The van der Waals surface area contributed by atoms with Crippen LogP contribution in [0.3, 0.4) is 0 Å². The number of carbonyl (C=O) groups excluding carboxylic acids is 1. The SMILES string of the molecule is Cc1cccc(NC(=O)NCC[C@H]2CCCOC2)c1. The molecule has 2 rings (SSSR count). The van der Waals surface area contributed by atoms with Gasteiger partial charge in [-0.1, -0.05) is 12.1 Å². The van der Waals surface area contributed by atoms with Gasteiger partial charge in [0.1, 0.15) is 0 Å². The van der Waals surface area contributed by atoms with Crippen LogP contribution in [0.15, 0.2) is 24.3 Å². The average molecular weight is 262 g/mol. The minimum atomic E-state index is -0.137. The molecule has 1 atom stereocenters. The zero-order valence-corrected chi connectivity index (χ0v) is 11.4. The molecule has 2 N–H and O–H groups in total. The summed E-state index contributed by atoms with van der Waals surface area (Å²) in [4.78, 5) is 11.7. The molecule has 1 aliphatic heterocycles. The lowest BCUT2D eigenvalue weighted by Crippen LogP contribution is -2.31. The minimum absolute atomic E-state index is 0.137. The summed E-state index contributed by atoms with van der Waals surface area (Å²) in [7, 11) is 0. The molecule has 19 heavy (non-hydrogen) atoms. The molecule has 0 spiro atoms. The fraction of sp³-hybridized carbons (Fsp3) is 0.533. The van der Waals surface area contributed by atoms with Gasteiger partial charge in [0.25, 0.3) is 0 Å². The van der Waals surface area contributed by atoms with E-state index in [0.717, 1.165) is 37.3 Å². The van der Waals surface area contributed by atoms with Gasteiger partial charge in [0.05, 0.1) is 0 Å². The second-order valence-corrected chi connectivity index (χ2v) is 5.12. The summed E-state index contributed by atoms with van der Waals surface area (Å²) in [5.74, 6) is 0.591. The monoisotopic (exact) mass is 262 g/mol. The number of nitrogens with one attached hydrogen (secondary N) is 2. The van der Waals surface area contributed by atoms with Crippen LogP contribution in [0.5, 0.6) is 0 Å². The van der Waals surface area contributed by atoms with Gasteiger partial charge in [-0.15, -0.1) is 0 Å². The van der Waals surface area contributed by atoms with E-state index in [-0.39, 0.29) is 6.03 Å². The number of ether oxygens (including phenoxy) is 1. The first kappa shape index (κ1) is 13.9. The molecule has 1 aromatic carbocycles. The molecule has 1 saturated heterocycles. The highest BCUT2D eigenvalue weighted by Crippen LogP contribution is 2.16. The number of hydrogen-bond acceptors (Lipinski definition) is 2. The molecule has 1 aliphatic rings. The highest BCUT2D eigenvalue weighted by molar-refractivity contribution is 5.89. The number of rotatable bonds is 4. The Hall–Kier alpha value is -1.55. The Bertz CT molecular complexity index is 414. The van der Waals surface area contributed by atoms with Crippen molar-refractivity contribution < 1.29 is 9.53 Å². The van der Waals surface area contributed by atoms with Crippen LogP contribution >= 0.6 is 0 Å². The summed E-state index contributed by atoms with van der Waals surface area (Å²) in [6.45, 7) is 4.43. The minimum Gasteiger partial charge on any atom is -0.381 e. The standard InChI is InChI=1S/C15H22N2O2/c1-12-4-2-6-14(10-12)17-15(18)16-8-7-13-5-3-9-19-11-13/h2,4,6,10,13H,3,5,7-9,11H2,1H3,(H2,16,17,18)/t13-/m1/s1. The quantitative estimate of drug-likeness (QED) is 0.876. The van der Waals surface area contributed by atoms with Gasteiger partial charge in [-0.25, -0.2) is 4.79 Å². The van der Waals surface area contributed by atoms with Crippen LogP contribution in [-0.2, 0) is 4.74 Å². The van der Waals surface area contributed by atoms with Crippen molar-refractivity contribution in [1.82, 2.24) is 5.32 Å². The smallest absolute Gasteiger partial charge is 0.319 e. The van der Waals surface area contributed by atoms with Crippen molar-refractivity contribution in [3.63, 3.8) is 0 Å². The number of hydrogen-bond donors (Lipinski definition) is 2. The van der Waals surface area contributed by atoms with Gasteiger partial charge in [-0.2, -0.15) is 0 Å². The Morgan fingerprint density at radius 1 is 1.47 bits per heavy atom. The average Bonchev–Trinajstić information content (AvgIpc) is 2.40. The molecule has 1 heterocycles. The van der Waals surface area contributed by atoms with Crippen LogP contribution in [0.2, 0.25) is 0 Å². The van der Waals surface area contributed by atoms with Crippen molar-refractivity contribution in [3.8, 4) is 0 Å². The van der Waals surface area contributed by atoms with E-state index >= 15 is 0 Å². The molecular weight excluding hydrogens is 240 g/mol. The van der Waals surface area contributed by atoms with Gasteiger partial charge < -0.3 is 15.4 Å². The fourth-order valence-corrected chi connectivity index (χ4v) is 2.32. The number of benzene rings is 1. The summed E-state index contributed by atoms with van der Waals surface area (Å²) in [6, 6.07) is 7.65. The second kappa shape index (κ2) is 7.14. The maximum atomic E-state index is 11.7. The lowest BCUT2D eigenvalue weighted by molar-refractivity contribution is 0.0520. The Morgan fingerprint density at radius 2 is 2.37 bits per heavy atom. The largest absolute Gasteiger partial charge is 0.381 e. The first-order valence-electron chi connectivity index (χ1n) is 6.93. The second-order valence-electron chi connectivity index (χ2n) is 5.12. The zero-order valence-electron chi connectivity index (χ0n) is 11.4. The molecule has 4 heteroatoms. The predicted octanol–water partition coefficient (Wildman–Crippen LogP) is 2.93. The third kappa shape index (κ3) is 4.91. The van der Waals surface area contributed by atoms with Crippen LogP contribution in [0.4, 0.5) is 10.5 Å². The van der Waals surface area contributed by atoms with E-state index in [9.17, 15) is 4.79 Å². The molecule has 0 aliphatic carbocycles. The number of aryl methyl sites for hydroxylation is 1. The molecule has 0 unspecified atom stereocenters. The van der Waals surface area contributed by atoms with Crippen molar-refractivity contribution in [3.05, 3.63) is 29.8 Å². The molecule has 104 valence electrons. The Kier molecular flexibility index (Phi) is 5.21. The van der Waals surface area contributed by atoms with E-state index in [2.05, 4.69) is 10.6 Å². The Balaban J connectivity index is 1.67. The summed E-state index contributed by atoms with van der Waals surface area (Å²) < 4.78 is 5.42. The van der Waals surface area contributed by atoms with Crippen molar-refractivity contribution in [2.45, 2.75) is 26.2 Å². The Labute approximate surface area is 114 Å². The van der Waals surface area contributed by atoms with Crippen LogP contribution in [-0.4, -0.2) is 25.8 Å². The van der Waals surface area contributed by atoms with Gasteiger partial charge in [-0.05, 0) is 49.8 Å². The molecule has 0 saturated carbocycles. The molecule has 0 bridgehead atoms. The molecule has 1 fully saturated rings. The van der Waals surface area contributed by atoms with E-state index in [4.69, 9.17) is 4.74 Å². The number of anilines is 1. The normalized spacial score (nSPS) is 18.9. The van der Waals surface area contributed by atoms with Gasteiger partial charge >= 0.3 is 6.03 Å². The first-order valence-corrected chi connectivity index (χ1v) is 6.93. The maximum absolute atomic E-state index is 11.7. The fourth-order valence-electron chi connectivity index (χ4n) is 2.32. The maximum Gasteiger partial charge on any atom is 0.319 e. The number of carbonyl (C=O) groups is 1. The molecule has 0 radical (unpaired) electrons. The van der Waals surface area contributed by atoms with Crippen LogP contribution < -0.4 is 10.6 Å². The molecule has 4 nitrogen and oxygen atoms in total. The highest BCUT2D eigenvalue weighted by Gasteiger charge is 2.13. The third-order valence-corrected chi connectivity index (χ3v) is 3.37. The zero-order chi connectivity index (χ0) is 13.5.